The van der Waals surface area contributed by atoms with Crippen molar-refractivity contribution < 1.29 is 24.2 Å². The Morgan fingerprint density at radius 3 is 2.82 bits per heavy atom. The summed E-state index contributed by atoms with van der Waals surface area (Å²) in [6.07, 6.45) is 0.650. The van der Waals surface area contributed by atoms with Gasteiger partial charge in [0.25, 0.3) is 5.91 Å². The second kappa shape index (κ2) is 5.01. The molecule has 3 atom stereocenters. The van der Waals surface area contributed by atoms with Gasteiger partial charge in [-0.2, -0.15) is 0 Å². The lowest BCUT2D eigenvalue weighted by Crippen LogP contribution is -2.45. The molecule has 0 aromatic carbocycles. The van der Waals surface area contributed by atoms with Crippen molar-refractivity contribution >= 4 is 11.9 Å². The quantitative estimate of drug-likeness (QED) is 0.649. The molecule has 6 nitrogen and oxygen atoms in total. The van der Waals surface area contributed by atoms with E-state index in [1.165, 1.54) is 12.0 Å². The Morgan fingerprint density at radius 1 is 1.47 bits per heavy atom. The van der Waals surface area contributed by atoms with Crippen LogP contribution in [0.2, 0.25) is 0 Å². The van der Waals surface area contributed by atoms with Crippen molar-refractivity contribution in [1.82, 2.24) is 4.90 Å². The lowest BCUT2D eigenvalue weighted by atomic mass is 10.2. The number of nitrogens with zero attached hydrogens (tertiary/aromatic N) is 1. The number of rotatable bonds is 2. The molecule has 1 N–H and O–H groups in total. The molecule has 2 rings (SSSR count). The highest BCUT2D eigenvalue weighted by molar-refractivity contribution is 5.87. The van der Waals surface area contributed by atoms with Gasteiger partial charge in [0.05, 0.1) is 13.2 Å². The van der Waals surface area contributed by atoms with E-state index < -0.39 is 24.2 Å². The zero-order chi connectivity index (χ0) is 12.4. The molecule has 0 aromatic rings. The van der Waals surface area contributed by atoms with E-state index in [1.807, 2.05) is 0 Å². The van der Waals surface area contributed by atoms with Crippen LogP contribution in [0.5, 0.6) is 0 Å². The molecule has 2 heterocycles. The average Bonchev–Trinajstić information content (AvgIpc) is 2.95. The van der Waals surface area contributed by atoms with Crippen LogP contribution >= 0.6 is 0 Å². The maximum atomic E-state index is 12.1. The standard InChI is InChI=1S/C11H17NO5/c1-16-11(15)8-5-7(13)6-12(8)10(14)9-3-2-4-17-9/h7-9,13H,2-6H2,1H3/t7?,8?,9-/m0/s1. The van der Waals surface area contributed by atoms with Crippen LogP contribution in [-0.2, 0) is 19.1 Å². The van der Waals surface area contributed by atoms with Gasteiger partial charge in [-0.05, 0) is 12.8 Å². The molecule has 17 heavy (non-hydrogen) atoms. The molecule has 0 saturated carbocycles. The third-order valence-corrected chi connectivity index (χ3v) is 3.24. The van der Waals surface area contributed by atoms with E-state index in [-0.39, 0.29) is 18.9 Å². The number of ether oxygens (including phenoxy) is 2. The molecule has 2 aliphatic rings. The van der Waals surface area contributed by atoms with Gasteiger partial charge in [0, 0.05) is 19.6 Å². The van der Waals surface area contributed by atoms with Crippen molar-refractivity contribution in [2.75, 3.05) is 20.3 Å². The first-order valence-electron chi connectivity index (χ1n) is 5.81. The SMILES string of the molecule is COC(=O)C1CC(O)CN1C(=O)[C@@H]1CCCO1. The van der Waals surface area contributed by atoms with Crippen molar-refractivity contribution in [3.8, 4) is 0 Å². The van der Waals surface area contributed by atoms with Gasteiger partial charge in [-0.3, -0.25) is 4.79 Å². The van der Waals surface area contributed by atoms with Gasteiger partial charge in [0.2, 0.25) is 0 Å². The number of hydrogen-bond acceptors (Lipinski definition) is 5. The average molecular weight is 243 g/mol. The third kappa shape index (κ3) is 2.42. The van der Waals surface area contributed by atoms with Crippen LogP contribution in [0.4, 0.5) is 0 Å². The number of aliphatic hydroxyl groups excluding tert-OH is 1. The summed E-state index contributed by atoms with van der Waals surface area (Å²) in [4.78, 5) is 25.0. The number of aliphatic hydroxyl groups is 1. The fraction of sp³-hybridized carbons (Fsp3) is 0.818. The first-order valence-corrected chi connectivity index (χ1v) is 5.81. The van der Waals surface area contributed by atoms with Crippen LogP contribution in [0.3, 0.4) is 0 Å². The van der Waals surface area contributed by atoms with E-state index >= 15 is 0 Å². The monoisotopic (exact) mass is 243 g/mol. The van der Waals surface area contributed by atoms with Crippen LogP contribution in [-0.4, -0.2) is 60.4 Å². The minimum atomic E-state index is -0.674. The van der Waals surface area contributed by atoms with Crippen LogP contribution in [0.15, 0.2) is 0 Å². The lowest BCUT2D eigenvalue weighted by molar-refractivity contribution is -0.154. The molecule has 1 amide bonds. The summed E-state index contributed by atoms with van der Waals surface area (Å²) in [5, 5.41) is 9.56. The Kier molecular flexibility index (Phi) is 3.63. The number of methoxy groups -OCH3 is 1. The molecule has 0 bridgehead atoms. The Balaban J connectivity index is 2.06. The minimum Gasteiger partial charge on any atom is -0.467 e. The van der Waals surface area contributed by atoms with Gasteiger partial charge < -0.3 is 19.5 Å². The summed E-state index contributed by atoms with van der Waals surface area (Å²) >= 11 is 0. The fourth-order valence-corrected chi connectivity index (χ4v) is 2.37. The van der Waals surface area contributed by atoms with Gasteiger partial charge in [-0.1, -0.05) is 0 Å². The van der Waals surface area contributed by atoms with Crippen molar-refractivity contribution in [2.45, 2.75) is 37.5 Å². The summed E-state index contributed by atoms with van der Waals surface area (Å²) in [7, 11) is 1.28. The van der Waals surface area contributed by atoms with Crippen molar-refractivity contribution in [3.05, 3.63) is 0 Å². The molecular weight excluding hydrogens is 226 g/mol. The van der Waals surface area contributed by atoms with E-state index in [0.717, 1.165) is 6.42 Å². The molecule has 0 aliphatic carbocycles. The first-order chi connectivity index (χ1) is 8.13. The second-order valence-corrected chi connectivity index (χ2v) is 4.42. The van der Waals surface area contributed by atoms with Gasteiger partial charge in [0.15, 0.2) is 0 Å². The Morgan fingerprint density at radius 2 is 2.24 bits per heavy atom. The number of carbonyl (C=O) groups excluding carboxylic acids is 2. The molecule has 0 spiro atoms. The first kappa shape index (κ1) is 12.3. The van der Waals surface area contributed by atoms with Crippen molar-refractivity contribution in [1.29, 1.82) is 0 Å². The normalized spacial score (nSPS) is 32.8. The predicted octanol–water partition coefficient (Wildman–Crippen LogP) is -0.700. The van der Waals surface area contributed by atoms with E-state index in [9.17, 15) is 14.7 Å². The zero-order valence-electron chi connectivity index (χ0n) is 9.80. The van der Waals surface area contributed by atoms with Crippen LogP contribution in [0, 0.1) is 0 Å². The molecule has 2 saturated heterocycles. The predicted molar refractivity (Wildman–Crippen MR) is 57.1 cm³/mol. The van der Waals surface area contributed by atoms with Crippen molar-refractivity contribution in [2.24, 2.45) is 0 Å². The van der Waals surface area contributed by atoms with E-state index in [2.05, 4.69) is 4.74 Å². The Bertz CT molecular complexity index is 313. The Labute approximate surface area is 99.5 Å². The van der Waals surface area contributed by atoms with Crippen LogP contribution in [0.25, 0.3) is 0 Å². The topological polar surface area (TPSA) is 76.1 Å². The van der Waals surface area contributed by atoms with E-state index in [0.29, 0.717) is 13.0 Å². The molecule has 0 aromatic heterocycles. The third-order valence-electron chi connectivity index (χ3n) is 3.24. The number of amides is 1. The van der Waals surface area contributed by atoms with Crippen LogP contribution < -0.4 is 0 Å². The number of hydrogen-bond donors (Lipinski definition) is 1. The maximum Gasteiger partial charge on any atom is 0.328 e. The zero-order valence-corrected chi connectivity index (χ0v) is 9.80. The van der Waals surface area contributed by atoms with Crippen LogP contribution in [0.1, 0.15) is 19.3 Å². The highest BCUT2D eigenvalue weighted by atomic mass is 16.5. The maximum absolute atomic E-state index is 12.1. The fourth-order valence-electron chi connectivity index (χ4n) is 2.37. The molecule has 2 fully saturated rings. The Hall–Kier alpha value is -1.14. The number of β-amino-alcohol motifs (C(OH)–C–C–N with tert-alkyl or cyclic N) is 1. The highest BCUT2D eigenvalue weighted by Crippen LogP contribution is 2.23. The molecule has 0 radical (unpaired) electrons. The van der Waals surface area contributed by atoms with E-state index in [4.69, 9.17) is 4.74 Å². The molecule has 6 heteroatoms. The molecule has 96 valence electrons. The molecule has 2 aliphatic heterocycles. The van der Waals surface area contributed by atoms with Gasteiger partial charge in [-0.15, -0.1) is 0 Å². The molecular formula is C11H17NO5. The number of carbonyl (C=O) groups is 2. The largest absolute Gasteiger partial charge is 0.467 e. The number of likely N-dealkylation sites (tertiary alicyclic amines) is 1. The smallest absolute Gasteiger partial charge is 0.328 e. The summed E-state index contributed by atoms with van der Waals surface area (Å²) < 4.78 is 9.94. The van der Waals surface area contributed by atoms with Crippen molar-refractivity contribution in [3.63, 3.8) is 0 Å². The second-order valence-electron chi connectivity index (χ2n) is 4.42. The van der Waals surface area contributed by atoms with Gasteiger partial charge in [0.1, 0.15) is 12.1 Å². The van der Waals surface area contributed by atoms with Gasteiger partial charge >= 0.3 is 5.97 Å². The van der Waals surface area contributed by atoms with Gasteiger partial charge in [-0.25, -0.2) is 4.79 Å². The van der Waals surface area contributed by atoms with E-state index in [1.54, 1.807) is 0 Å². The summed E-state index contributed by atoms with van der Waals surface area (Å²) in [6.45, 7) is 0.758. The summed E-state index contributed by atoms with van der Waals surface area (Å²) in [5.41, 5.74) is 0. The number of esters is 1. The lowest BCUT2D eigenvalue weighted by Gasteiger charge is -2.24. The highest BCUT2D eigenvalue weighted by Gasteiger charge is 2.42. The molecule has 2 unspecified atom stereocenters. The summed E-state index contributed by atoms with van der Waals surface area (Å²) in [6, 6.07) is -0.674. The minimum absolute atomic E-state index is 0.179. The summed E-state index contributed by atoms with van der Waals surface area (Å²) in [5.74, 6) is -0.692.